The van der Waals surface area contributed by atoms with Crippen LogP contribution in [0.4, 0.5) is 19.0 Å². The van der Waals surface area contributed by atoms with Crippen molar-refractivity contribution in [3.8, 4) is 34.3 Å². The van der Waals surface area contributed by atoms with Crippen molar-refractivity contribution in [2.24, 2.45) is 0 Å². The number of carbonyl (C=O) groups is 1. The van der Waals surface area contributed by atoms with Crippen molar-refractivity contribution in [1.82, 2.24) is 9.97 Å². The van der Waals surface area contributed by atoms with Crippen LogP contribution in [0.25, 0.3) is 22.5 Å². The van der Waals surface area contributed by atoms with E-state index in [0.29, 0.717) is 11.3 Å². The fraction of sp³-hybridized carbons (Fsp3) is 0.105. The summed E-state index contributed by atoms with van der Waals surface area (Å²) < 4.78 is 36.9. The number of benzene rings is 1. The monoisotopic (exact) mass is 404 g/mol. The van der Waals surface area contributed by atoms with Gasteiger partial charge in [-0.2, -0.15) is 18.4 Å². The van der Waals surface area contributed by atoms with Gasteiger partial charge in [-0.3, -0.25) is 0 Å². The molecule has 29 heavy (non-hydrogen) atoms. The van der Waals surface area contributed by atoms with Gasteiger partial charge in [-0.05, 0) is 42.5 Å². The molecule has 0 fully saturated rings. The van der Waals surface area contributed by atoms with Crippen molar-refractivity contribution in [2.45, 2.75) is 6.18 Å². The SMILES string of the molecule is COc1ccc(-c2cc(-c3ccc[nH]3)c(C#N)c(N)n2)cc1.O=C(O)C(F)(F)F. The van der Waals surface area contributed by atoms with Crippen LogP contribution in [0, 0.1) is 11.3 Å². The number of pyridine rings is 1. The van der Waals surface area contributed by atoms with Crippen LogP contribution in [-0.4, -0.2) is 34.3 Å². The molecule has 7 nitrogen and oxygen atoms in total. The number of rotatable bonds is 3. The van der Waals surface area contributed by atoms with Gasteiger partial charge in [0.05, 0.1) is 12.8 Å². The quantitative estimate of drug-likeness (QED) is 0.609. The van der Waals surface area contributed by atoms with Gasteiger partial charge >= 0.3 is 12.1 Å². The Morgan fingerprint density at radius 3 is 2.34 bits per heavy atom. The van der Waals surface area contributed by atoms with E-state index in [4.69, 9.17) is 20.4 Å². The van der Waals surface area contributed by atoms with Gasteiger partial charge in [0.15, 0.2) is 0 Å². The molecule has 0 saturated carbocycles. The number of alkyl halides is 3. The summed E-state index contributed by atoms with van der Waals surface area (Å²) in [6, 6.07) is 15.3. The third-order valence-corrected chi connectivity index (χ3v) is 3.68. The maximum Gasteiger partial charge on any atom is 0.490 e. The number of carboxylic acids is 1. The minimum atomic E-state index is -5.08. The van der Waals surface area contributed by atoms with E-state index in [1.807, 2.05) is 42.5 Å². The van der Waals surface area contributed by atoms with E-state index in [0.717, 1.165) is 22.6 Å². The zero-order valence-corrected chi connectivity index (χ0v) is 15.0. The number of nitriles is 1. The van der Waals surface area contributed by atoms with Gasteiger partial charge in [-0.15, -0.1) is 0 Å². The largest absolute Gasteiger partial charge is 0.497 e. The minimum Gasteiger partial charge on any atom is -0.497 e. The summed E-state index contributed by atoms with van der Waals surface area (Å²) >= 11 is 0. The highest BCUT2D eigenvalue weighted by Crippen LogP contribution is 2.30. The van der Waals surface area contributed by atoms with Crippen LogP contribution in [0.15, 0.2) is 48.7 Å². The third-order valence-electron chi connectivity index (χ3n) is 3.68. The number of hydrogen-bond donors (Lipinski definition) is 3. The van der Waals surface area contributed by atoms with E-state index in [1.54, 1.807) is 13.3 Å². The molecule has 0 atom stereocenters. The zero-order chi connectivity index (χ0) is 21.6. The number of anilines is 1. The van der Waals surface area contributed by atoms with E-state index in [1.165, 1.54) is 0 Å². The summed E-state index contributed by atoms with van der Waals surface area (Å²) in [6.07, 6.45) is -3.28. The molecule has 0 spiro atoms. The number of hydrogen-bond acceptors (Lipinski definition) is 5. The number of aromatic amines is 1. The van der Waals surface area contributed by atoms with Crippen LogP contribution >= 0.6 is 0 Å². The number of carboxylic acid groups (broad SMARTS) is 1. The first-order chi connectivity index (χ1) is 13.7. The highest BCUT2D eigenvalue weighted by Gasteiger charge is 2.38. The number of aliphatic carboxylic acids is 1. The number of nitrogens with two attached hydrogens (primary N) is 1. The topological polar surface area (TPSA) is 125 Å². The lowest BCUT2D eigenvalue weighted by Gasteiger charge is -2.09. The van der Waals surface area contributed by atoms with Crippen LogP contribution in [0.3, 0.4) is 0 Å². The van der Waals surface area contributed by atoms with Crippen molar-refractivity contribution in [3.63, 3.8) is 0 Å². The van der Waals surface area contributed by atoms with Gasteiger partial charge in [0, 0.05) is 23.0 Å². The molecule has 1 aromatic carbocycles. The summed E-state index contributed by atoms with van der Waals surface area (Å²) in [5.74, 6) is -1.76. The van der Waals surface area contributed by atoms with Gasteiger partial charge in [0.1, 0.15) is 23.2 Å². The van der Waals surface area contributed by atoms with Crippen LogP contribution < -0.4 is 10.5 Å². The number of nitrogens with one attached hydrogen (secondary N) is 1. The molecule has 2 aromatic heterocycles. The number of aromatic nitrogens is 2. The molecular weight excluding hydrogens is 389 g/mol. The lowest BCUT2D eigenvalue weighted by Crippen LogP contribution is -2.21. The van der Waals surface area contributed by atoms with E-state index in [-0.39, 0.29) is 5.82 Å². The molecule has 0 aliphatic carbocycles. The van der Waals surface area contributed by atoms with Crippen LogP contribution in [0.2, 0.25) is 0 Å². The molecule has 0 unspecified atom stereocenters. The second-order valence-corrected chi connectivity index (χ2v) is 5.54. The van der Waals surface area contributed by atoms with Crippen molar-refractivity contribution >= 4 is 11.8 Å². The van der Waals surface area contributed by atoms with Crippen LogP contribution in [0.5, 0.6) is 5.75 Å². The molecule has 150 valence electrons. The molecule has 0 amide bonds. The molecule has 0 bridgehead atoms. The molecule has 0 saturated heterocycles. The lowest BCUT2D eigenvalue weighted by atomic mass is 10.0. The summed E-state index contributed by atoms with van der Waals surface area (Å²) in [5, 5.41) is 16.5. The summed E-state index contributed by atoms with van der Waals surface area (Å²) in [7, 11) is 1.62. The first-order valence-electron chi connectivity index (χ1n) is 7.96. The summed E-state index contributed by atoms with van der Waals surface area (Å²) in [4.78, 5) is 16.3. The summed E-state index contributed by atoms with van der Waals surface area (Å²) in [5.41, 5.74) is 9.53. The van der Waals surface area contributed by atoms with Crippen molar-refractivity contribution < 1.29 is 27.8 Å². The third kappa shape index (κ3) is 5.26. The van der Waals surface area contributed by atoms with E-state index < -0.39 is 12.1 Å². The maximum absolute atomic E-state index is 10.6. The van der Waals surface area contributed by atoms with Crippen molar-refractivity contribution in [2.75, 3.05) is 12.8 Å². The zero-order valence-electron chi connectivity index (χ0n) is 15.0. The normalized spacial score (nSPS) is 10.4. The van der Waals surface area contributed by atoms with E-state index in [2.05, 4.69) is 16.0 Å². The molecule has 0 aliphatic rings. The standard InChI is InChI=1S/C17H14N4O.C2HF3O2/c1-22-12-6-4-11(5-7-12)16-9-13(15-3-2-8-20-15)14(10-18)17(19)21-16;3-2(4,5)1(6)7/h2-9,20H,1H3,(H2,19,21);(H,6,7). The van der Waals surface area contributed by atoms with E-state index in [9.17, 15) is 18.4 Å². The average molecular weight is 404 g/mol. The minimum absolute atomic E-state index is 0.223. The summed E-state index contributed by atoms with van der Waals surface area (Å²) in [6.45, 7) is 0. The second kappa shape index (κ2) is 8.79. The van der Waals surface area contributed by atoms with Crippen molar-refractivity contribution in [1.29, 1.82) is 5.26 Å². The second-order valence-electron chi connectivity index (χ2n) is 5.54. The van der Waals surface area contributed by atoms with Gasteiger partial charge in [0.25, 0.3) is 0 Å². The fourth-order valence-corrected chi connectivity index (χ4v) is 2.30. The lowest BCUT2D eigenvalue weighted by molar-refractivity contribution is -0.192. The number of methoxy groups -OCH3 is 1. The van der Waals surface area contributed by atoms with Crippen LogP contribution in [0.1, 0.15) is 5.56 Å². The number of halogens is 3. The Hall–Kier alpha value is -4.00. The van der Waals surface area contributed by atoms with Gasteiger partial charge in [0.2, 0.25) is 0 Å². The molecule has 0 radical (unpaired) electrons. The van der Waals surface area contributed by atoms with Crippen LogP contribution in [-0.2, 0) is 4.79 Å². The predicted molar refractivity (Wildman–Crippen MR) is 98.8 cm³/mol. The Morgan fingerprint density at radius 1 is 1.28 bits per heavy atom. The molecular formula is C19H15F3N4O3. The number of nitrogen functional groups attached to an aromatic ring is 1. The number of ether oxygens (including phenoxy) is 1. The van der Waals surface area contributed by atoms with Gasteiger partial charge < -0.3 is 20.6 Å². The van der Waals surface area contributed by atoms with Crippen molar-refractivity contribution in [3.05, 3.63) is 54.2 Å². The Labute approximate surface area is 163 Å². The Balaban J connectivity index is 0.000000370. The maximum atomic E-state index is 10.6. The Bertz CT molecular complexity index is 1020. The number of nitrogens with zero attached hydrogens (tertiary/aromatic N) is 2. The molecule has 4 N–H and O–H groups in total. The smallest absolute Gasteiger partial charge is 0.490 e. The predicted octanol–water partition coefficient (Wildman–Crippen LogP) is 3.84. The highest BCUT2D eigenvalue weighted by atomic mass is 19.4. The average Bonchev–Trinajstić information content (AvgIpc) is 3.22. The Morgan fingerprint density at radius 2 is 1.90 bits per heavy atom. The molecule has 3 aromatic rings. The van der Waals surface area contributed by atoms with Gasteiger partial charge in [-0.25, -0.2) is 9.78 Å². The molecule has 10 heteroatoms. The van der Waals surface area contributed by atoms with E-state index >= 15 is 0 Å². The first kappa shape index (κ1) is 21.3. The first-order valence-corrected chi connectivity index (χ1v) is 7.96. The number of H-pyrrole nitrogens is 1. The molecule has 0 aliphatic heterocycles. The molecule has 2 heterocycles. The fourth-order valence-electron chi connectivity index (χ4n) is 2.30. The Kier molecular flexibility index (Phi) is 6.46. The van der Waals surface area contributed by atoms with Gasteiger partial charge in [-0.1, -0.05) is 0 Å². The highest BCUT2D eigenvalue weighted by molar-refractivity contribution is 5.78. The molecule has 3 rings (SSSR count).